The summed E-state index contributed by atoms with van der Waals surface area (Å²) in [6.07, 6.45) is 1.48. The third kappa shape index (κ3) is 3.11. The third-order valence-corrected chi connectivity index (χ3v) is 4.10. The highest BCUT2D eigenvalue weighted by atomic mass is 32.2. The van der Waals surface area contributed by atoms with Crippen molar-refractivity contribution in [1.29, 1.82) is 0 Å². The standard InChI is InChI=1S/C15H14N4O3S/c1-9-3-5-10(6-4-9)19-13-11(7-16-19)14(21)18-15(17-13)23-8-12(20)22-2/h3-7H,8H2,1-2H3,(H,17,18,21). The fourth-order valence-electron chi connectivity index (χ4n) is 2.03. The summed E-state index contributed by atoms with van der Waals surface area (Å²) < 4.78 is 6.19. The molecule has 3 rings (SSSR count). The van der Waals surface area contributed by atoms with E-state index in [9.17, 15) is 9.59 Å². The van der Waals surface area contributed by atoms with Gasteiger partial charge in [-0.2, -0.15) is 5.10 Å². The fraction of sp³-hybridized carbons (Fsp3) is 0.200. The van der Waals surface area contributed by atoms with E-state index in [1.54, 1.807) is 4.68 Å². The van der Waals surface area contributed by atoms with Crippen LogP contribution in [0.25, 0.3) is 16.7 Å². The van der Waals surface area contributed by atoms with Crippen molar-refractivity contribution in [2.45, 2.75) is 12.1 Å². The first-order valence-electron chi connectivity index (χ1n) is 6.83. The molecule has 1 N–H and O–H groups in total. The lowest BCUT2D eigenvalue weighted by atomic mass is 10.2. The van der Waals surface area contributed by atoms with E-state index in [1.165, 1.54) is 13.3 Å². The van der Waals surface area contributed by atoms with Gasteiger partial charge in [-0.25, -0.2) is 9.67 Å². The Kier molecular flexibility index (Phi) is 4.16. The number of benzene rings is 1. The Morgan fingerprint density at radius 3 is 2.78 bits per heavy atom. The van der Waals surface area contributed by atoms with Gasteiger partial charge in [0.15, 0.2) is 10.8 Å². The average molecular weight is 330 g/mol. The molecule has 0 fully saturated rings. The number of aromatic amines is 1. The predicted octanol–water partition coefficient (Wildman–Crippen LogP) is 1.68. The molecule has 23 heavy (non-hydrogen) atoms. The van der Waals surface area contributed by atoms with Crippen LogP contribution in [0.5, 0.6) is 0 Å². The molecule has 8 heteroatoms. The highest BCUT2D eigenvalue weighted by molar-refractivity contribution is 7.99. The zero-order valence-electron chi connectivity index (χ0n) is 12.6. The molecular weight excluding hydrogens is 316 g/mol. The van der Waals surface area contributed by atoms with Crippen LogP contribution in [0.4, 0.5) is 0 Å². The van der Waals surface area contributed by atoms with Gasteiger partial charge >= 0.3 is 5.97 Å². The van der Waals surface area contributed by atoms with E-state index in [0.717, 1.165) is 23.0 Å². The van der Waals surface area contributed by atoms with Gasteiger partial charge in [-0.1, -0.05) is 29.5 Å². The van der Waals surface area contributed by atoms with Gasteiger partial charge in [0.2, 0.25) is 0 Å². The maximum Gasteiger partial charge on any atom is 0.316 e. The SMILES string of the molecule is COC(=O)CSc1nc2c(cnn2-c2ccc(C)cc2)c(=O)[nH]1. The molecular formula is C15H14N4O3S. The Labute approximate surface area is 135 Å². The van der Waals surface area contributed by atoms with E-state index in [1.807, 2.05) is 31.2 Å². The quantitative estimate of drug-likeness (QED) is 0.445. The topological polar surface area (TPSA) is 89.9 Å². The lowest BCUT2D eigenvalue weighted by Gasteiger charge is -2.04. The molecule has 0 amide bonds. The number of carbonyl (C=O) groups is 1. The maximum absolute atomic E-state index is 12.1. The summed E-state index contributed by atoms with van der Waals surface area (Å²) in [7, 11) is 1.31. The summed E-state index contributed by atoms with van der Waals surface area (Å²) in [6, 6.07) is 7.74. The fourth-order valence-corrected chi connectivity index (χ4v) is 2.72. The van der Waals surface area contributed by atoms with Crippen LogP contribution in [0.3, 0.4) is 0 Å². The van der Waals surface area contributed by atoms with Crippen molar-refractivity contribution in [3.05, 3.63) is 46.4 Å². The van der Waals surface area contributed by atoms with Crippen LogP contribution in [0.1, 0.15) is 5.56 Å². The van der Waals surface area contributed by atoms with E-state index in [2.05, 4.69) is 19.8 Å². The number of fused-ring (bicyclic) bond motifs is 1. The maximum atomic E-state index is 12.1. The lowest BCUT2D eigenvalue weighted by Crippen LogP contribution is -2.11. The molecule has 2 aromatic heterocycles. The minimum Gasteiger partial charge on any atom is -0.468 e. The molecule has 1 aromatic carbocycles. The molecule has 118 valence electrons. The molecule has 0 saturated carbocycles. The number of aryl methyl sites for hydroxylation is 1. The van der Waals surface area contributed by atoms with Crippen molar-refractivity contribution in [3.63, 3.8) is 0 Å². The van der Waals surface area contributed by atoms with E-state index in [-0.39, 0.29) is 17.3 Å². The van der Waals surface area contributed by atoms with E-state index in [4.69, 9.17) is 0 Å². The molecule has 0 radical (unpaired) electrons. The van der Waals surface area contributed by atoms with Crippen LogP contribution < -0.4 is 5.56 Å². The van der Waals surface area contributed by atoms with E-state index in [0.29, 0.717) is 16.2 Å². The molecule has 0 unspecified atom stereocenters. The van der Waals surface area contributed by atoms with Gasteiger partial charge in [0.1, 0.15) is 5.39 Å². The summed E-state index contributed by atoms with van der Waals surface area (Å²) in [5.41, 5.74) is 2.10. The highest BCUT2D eigenvalue weighted by Crippen LogP contribution is 2.18. The van der Waals surface area contributed by atoms with Gasteiger partial charge < -0.3 is 9.72 Å². The van der Waals surface area contributed by atoms with Gasteiger partial charge in [0.25, 0.3) is 5.56 Å². The Morgan fingerprint density at radius 1 is 1.35 bits per heavy atom. The Hall–Kier alpha value is -2.61. The van der Waals surface area contributed by atoms with Crippen LogP contribution >= 0.6 is 11.8 Å². The predicted molar refractivity (Wildman–Crippen MR) is 87.0 cm³/mol. The lowest BCUT2D eigenvalue weighted by molar-refractivity contribution is -0.137. The van der Waals surface area contributed by atoms with E-state index >= 15 is 0 Å². The molecule has 0 aliphatic rings. The number of carbonyl (C=O) groups excluding carboxylic acids is 1. The molecule has 2 heterocycles. The van der Waals surface area contributed by atoms with Crippen LogP contribution in [-0.4, -0.2) is 38.6 Å². The summed E-state index contributed by atoms with van der Waals surface area (Å²) in [5, 5.41) is 4.99. The number of esters is 1. The van der Waals surface area contributed by atoms with Crippen LogP contribution in [0.2, 0.25) is 0 Å². The second-order valence-electron chi connectivity index (χ2n) is 4.87. The van der Waals surface area contributed by atoms with Crippen LogP contribution in [-0.2, 0) is 9.53 Å². The normalized spacial score (nSPS) is 10.9. The zero-order chi connectivity index (χ0) is 16.4. The number of hydrogen-bond donors (Lipinski definition) is 1. The second kappa shape index (κ2) is 6.25. The number of hydrogen-bond acceptors (Lipinski definition) is 6. The smallest absolute Gasteiger partial charge is 0.316 e. The van der Waals surface area contributed by atoms with Crippen molar-refractivity contribution >= 4 is 28.8 Å². The zero-order valence-corrected chi connectivity index (χ0v) is 13.4. The number of nitrogens with one attached hydrogen (secondary N) is 1. The monoisotopic (exact) mass is 330 g/mol. The van der Waals surface area contributed by atoms with Crippen LogP contribution in [0, 0.1) is 6.92 Å². The van der Waals surface area contributed by atoms with Crippen molar-refractivity contribution in [2.75, 3.05) is 12.9 Å². The Morgan fingerprint density at radius 2 is 2.09 bits per heavy atom. The molecule has 7 nitrogen and oxygen atoms in total. The summed E-state index contributed by atoms with van der Waals surface area (Å²) in [4.78, 5) is 30.4. The molecule has 0 atom stereocenters. The van der Waals surface area contributed by atoms with Gasteiger partial charge in [0.05, 0.1) is 24.7 Å². The number of thioether (sulfide) groups is 1. The molecule has 0 aliphatic carbocycles. The molecule has 0 aliphatic heterocycles. The summed E-state index contributed by atoms with van der Waals surface area (Å²) in [5.74, 6) is -0.311. The largest absolute Gasteiger partial charge is 0.468 e. The first-order chi connectivity index (χ1) is 11.1. The molecule has 3 aromatic rings. The van der Waals surface area contributed by atoms with Gasteiger partial charge in [-0.15, -0.1) is 0 Å². The van der Waals surface area contributed by atoms with Gasteiger partial charge in [-0.05, 0) is 19.1 Å². The Balaban J connectivity index is 2.03. The van der Waals surface area contributed by atoms with Crippen molar-refractivity contribution in [1.82, 2.24) is 19.7 Å². The van der Waals surface area contributed by atoms with Gasteiger partial charge in [0, 0.05) is 0 Å². The van der Waals surface area contributed by atoms with Gasteiger partial charge in [-0.3, -0.25) is 9.59 Å². The minimum atomic E-state index is -0.384. The minimum absolute atomic E-state index is 0.0730. The molecule has 0 saturated heterocycles. The second-order valence-corrected chi connectivity index (χ2v) is 5.83. The number of H-pyrrole nitrogens is 1. The molecule has 0 spiro atoms. The number of rotatable bonds is 4. The third-order valence-electron chi connectivity index (χ3n) is 3.25. The highest BCUT2D eigenvalue weighted by Gasteiger charge is 2.12. The molecule has 0 bridgehead atoms. The average Bonchev–Trinajstić information content (AvgIpc) is 2.98. The summed E-state index contributed by atoms with van der Waals surface area (Å²) >= 11 is 1.11. The first kappa shape index (κ1) is 15.3. The number of nitrogens with zero attached hydrogens (tertiary/aromatic N) is 3. The van der Waals surface area contributed by atoms with Crippen molar-refractivity contribution < 1.29 is 9.53 Å². The van der Waals surface area contributed by atoms with Crippen molar-refractivity contribution in [2.24, 2.45) is 0 Å². The summed E-state index contributed by atoms with van der Waals surface area (Å²) in [6.45, 7) is 2.00. The van der Waals surface area contributed by atoms with Crippen LogP contribution in [0.15, 0.2) is 40.4 Å². The number of ether oxygens (including phenoxy) is 1. The van der Waals surface area contributed by atoms with E-state index < -0.39 is 0 Å². The Bertz CT molecular complexity index is 915. The number of methoxy groups -OCH3 is 1. The van der Waals surface area contributed by atoms with Crippen molar-refractivity contribution in [3.8, 4) is 5.69 Å². The number of aromatic nitrogens is 4. The first-order valence-corrected chi connectivity index (χ1v) is 7.82.